The minimum Gasteiger partial charge on any atom is -0.505 e. The van der Waals surface area contributed by atoms with E-state index >= 15 is 0 Å². The van der Waals surface area contributed by atoms with Crippen molar-refractivity contribution in [3.8, 4) is 0 Å². The molecule has 0 aromatic carbocycles. The van der Waals surface area contributed by atoms with Crippen molar-refractivity contribution in [3.05, 3.63) is 71.3 Å². The van der Waals surface area contributed by atoms with E-state index in [1.807, 2.05) is 36.5 Å². The Balaban J connectivity index is 1.91. The number of allylic oxidation sites excluding steroid dienone is 6. The SMILES string of the molecule is CN1C2=C(N=C3C=CC=CC32)C(O)=C2C=CC=CC21. The Labute approximate surface area is 112 Å². The molecule has 0 aromatic heterocycles. The van der Waals surface area contributed by atoms with Gasteiger partial charge in [-0.25, -0.2) is 4.99 Å². The molecule has 2 atom stereocenters. The molecule has 2 heterocycles. The Kier molecular flexibility index (Phi) is 2.01. The molecule has 0 bridgehead atoms. The molecule has 2 aliphatic carbocycles. The highest BCUT2D eigenvalue weighted by Gasteiger charge is 2.39. The van der Waals surface area contributed by atoms with E-state index in [1.165, 1.54) is 0 Å². The summed E-state index contributed by atoms with van der Waals surface area (Å²) in [6, 6.07) is 0.109. The van der Waals surface area contributed by atoms with Crippen molar-refractivity contribution in [2.75, 3.05) is 7.05 Å². The molecule has 0 saturated carbocycles. The molecule has 0 saturated heterocycles. The molecule has 0 aromatic rings. The predicted molar refractivity (Wildman–Crippen MR) is 75.7 cm³/mol. The fourth-order valence-electron chi connectivity index (χ4n) is 3.14. The number of aliphatic hydroxyl groups excluding tert-OH is 1. The van der Waals surface area contributed by atoms with Gasteiger partial charge in [0.25, 0.3) is 0 Å². The standard InChI is InChI=1S/C16H14N2O/c1-18-13-9-5-3-7-11(13)16(19)14-15(18)10-6-2-4-8-12(10)17-14/h2-10,13,19H,1H3. The number of rotatable bonds is 0. The molecule has 0 fully saturated rings. The summed E-state index contributed by atoms with van der Waals surface area (Å²) in [5.41, 5.74) is 3.77. The van der Waals surface area contributed by atoms with Crippen LogP contribution in [0, 0.1) is 5.92 Å². The molecule has 0 spiro atoms. The topological polar surface area (TPSA) is 35.8 Å². The fourth-order valence-corrected chi connectivity index (χ4v) is 3.14. The van der Waals surface area contributed by atoms with Gasteiger partial charge in [-0.1, -0.05) is 42.5 Å². The van der Waals surface area contributed by atoms with Gasteiger partial charge in [-0.2, -0.15) is 0 Å². The minimum absolute atomic E-state index is 0.109. The number of hydrogen-bond donors (Lipinski definition) is 1. The Hall–Kier alpha value is -2.29. The highest BCUT2D eigenvalue weighted by Crippen LogP contribution is 2.42. The van der Waals surface area contributed by atoms with E-state index < -0.39 is 0 Å². The average molecular weight is 250 g/mol. The third-order valence-corrected chi connectivity index (χ3v) is 4.07. The van der Waals surface area contributed by atoms with Gasteiger partial charge in [-0.05, 0) is 6.08 Å². The maximum Gasteiger partial charge on any atom is 0.148 e. The van der Waals surface area contributed by atoms with Gasteiger partial charge in [0.15, 0.2) is 0 Å². The van der Waals surface area contributed by atoms with E-state index in [4.69, 9.17) is 0 Å². The molecule has 19 heavy (non-hydrogen) atoms. The maximum absolute atomic E-state index is 10.5. The van der Waals surface area contributed by atoms with Gasteiger partial charge < -0.3 is 10.0 Å². The van der Waals surface area contributed by atoms with Crippen molar-refractivity contribution in [2.24, 2.45) is 10.9 Å². The van der Waals surface area contributed by atoms with Gasteiger partial charge in [0.1, 0.15) is 11.5 Å². The third-order valence-electron chi connectivity index (χ3n) is 4.07. The summed E-state index contributed by atoms with van der Waals surface area (Å²) in [6.45, 7) is 0. The number of aliphatic imine (C=N–C) groups is 1. The minimum atomic E-state index is 0.109. The summed E-state index contributed by atoms with van der Waals surface area (Å²) in [5.74, 6) is 0.496. The first kappa shape index (κ1) is 10.6. The molecule has 0 radical (unpaired) electrons. The molecule has 1 N–H and O–H groups in total. The van der Waals surface area contributed by atoms with Crippen LogP contribution in [0.15, 0.2) is 76.3 Å². The van der Waals surface area contributed by atoms with Crippen LogP contribution in [-0.2, 0) is 0 Å². The molecular formula is C16H14N2O. The molecule has 4 aliphatic rings. The molecule has 3 nitrogen and oxygen atoms in total. The van der Waals surface area contributed by atoms with Crippen molar-refractivity contribution < 1.29 is 5.11 Å². The molecule has 2 unspecified atom stereocenters. The van der Waals surface area contributed by atoms with E-state index in [0.717, 1.165) is 22.7 Å². The summed E-state index contributed by atoms with van der Waals surface area (Å²) in [5, 5.41) is 10.5. The second kappa shape index (κ2) is 3.60. The Bertz CT molecular complexity index is 671. The van der Waals surface area contributed by atoms with E-state index in [0.29, 0.717) is 5.76 Å². The Morgan fingerprint density at radius 1 is 1.11 bits per heavy atom. The lowest BCUT2D eigenvalue weighted by atomic mass is 9.89. The molecule has 3 heteroatoms. The fraction of sp³-hybridized carbons (Fsp3) is 0.188. The second-order valence-electron chi connectivity index (χ2n) is 5.10. The normalized spacial score (nSPS) is 30.6. The lowest BCUT2D eigenvalue weighted by Gasteiger charge is -2.37. The molecule has 94 valence electrons. The summed E-state index contributed by atoms with van der Waals surface area (Å²) in [7, 11) is 2.07. The summed E-state index contributed by atoms with van der Waals surface area (Å²) < 4.78 is 0. The first-order chi connectivity index (χ1) is 9.27. The lowest BCUT2D eigenvalue weighted by molar-refractivity contribution is 0.324. The van der Waals surface area contributed by atoms with Crippen LogP contribution >= 0.6 is 0 Å². The van der Waals surface area contributed by atoms with Crippen LogP contribution in [0.2, 0.25) is 0 Å². The largest absolute Gasteiger partial charge is 0.505 e. The number of hydrogen-bond acceptors (Lipinski definition) is 3. The van der Waals surface area contributed by atoms with E-state index in [2.05, 4.69) is 29.1 Å². The van der Waals surface area contributed by atoms with Gasteiger partial charge in [-0.15, -0.1) is 0 Å². The van der Waals surface area contributed by atoms with E-state index in [9.17, 15) is 5.11 Å². The van der Waals surface area contributed by atoms with Crippen LogP contribution in [0.25, 0.3) is 0 Å². The van der Waals surface area contributed by atoms with E-state index in [1.54, 1.807) is 0 Å². The van der Waals surface area contributed by atoms with Crippen LogP contribution < -0.4 is 0 Å². The van der Waals surface area contributed by atoms with Crippen molar-refractivity contribution in [1.82, 2.24) is 4.90 Å². The number of nitrogens with zero attached hydrogens (tertiary/aromatic N) is 2. The zero-order chi connectivity index (χ0) is 13.0. The first-order valence-corrected chi connectivity index (χ1v) is 6.46. The van der Waals surface area contributed by atoms with Gasteiger partial charge >= 0.3 is 0 Å². The second-order valence-corrected chi connectivity index (χ2v) is 5.10. The number of aliphatic hydroxyl groups is 1. The molecular weight excluding hydrogens is 236 g/mol. The van der Waals surface area contributed by atoms with Crippen LogP contribution in [0.3, 0.4) is 0 Å². The quantitative estimate of drug-likeness (QED) is 0.717. The average Bonchev–Trinajstić information content (AvgIpc) is 2.84. The zero-order valence-corrected chi connectivity index (χ0v) is 10.6. The lowest BCUT2D eigenvalue weighted by Crippen LogP contribution is -2.38. The zero-order valence-electron chi connectivity index (χ0n) is 10.6. The maximum atomic E-state index is 10.5. The van der Waals surface area contributed by atoms with Crippen LogP contribution in [0.4, 0.5) is 0 Å². The summed E-state index contributed by atoms with van der Waals surface area (Å²) in [6.07, 6.45) is 16.2. The van der Waals surface area contributed by atoms with Crippen LogP contribution in [0.5, 0.6) is 0 Å². The number of fused-ring (bicyclic) bond motifs is 3. The van der Waals surface area contributed by atoms with Crippen molar-refractivity contribution in [2.45, 2.75) is 6.04 Å². The van der Waals surface area contributed by atoms with Crippen molar-refractivity contribution in [3.63, 3.8) is 0 Å². The number of likely N-dealkylation sites (N-methyl/N-ethyl adjacent to an activating group) is 1. The highest BCUT2D eigenvalue weighted by atomic mass is 16.3. The van der Waals surface area contributed by atoms with Gasteiger partial charge in [-0.3, -0.25) is 0 Å². The third kappa shape index (κ3) is 1.30. The predicted octanol–water partition coefficient (Wildman–Crippen LogP) is 2.65. The van der Waals surface area contributed by atoms with Crippen molar-refractivity contribution >= 4 is 5.71 Å². The molecule has 4 rings (SSSR count). The van der Waals surface area contributed by atoms with Gasteiger partial charge in [0.2, 0.25) is 0 Å². The first-order valence-electron chi connectivity index (χ1n) is 6.46. The summed E-state index contributed by atoms with van der Waals surface area (Å²) in [4.78, 5) is 6.82. The Morgan fingerprint density at radius 3 is 2.79 bits per heavy atom. The van der Waals surface area contributed by atoms with Crippen LogP contribution in [-0.4, -0.2) is 28.8 Å². The van der Waals surface area contributed by atoms with Crippen molar-refractivity contribution in [1.29, 1.82) is 0 Å². The molecule has 0 amide bonds. The summed E-state index contributed by atoms with van der Waals surface area (Å²) >= 11 is 0. The van der Waals surface area contributed by atoms with Crippen LogP contribution in [0.1, 0.15) is 0 Å². The van der Waals surface area contributed by atoms with E-state index in [-0.39, 0.29) is 12.0 Å². The van der Waals surface area contributed by atoms with Gasteiger partial charge in [0, 0.05) is 12.6 Å². The van der Waals surface area contributed by atoms with Gasteiger partial charge in [0.05, 0.1) is 23.4 Å². The monoisotopic (exact) mass is 250 g/mol. The smallest absolute Gasteiger partial charge is 0.148 e. The Morgan fingerprint density at radius 2 is 1.89 bits per heavy atom. The highest BCUT2D eigenvalue weighted by molar-refractivity contribution is 6.04. The molecule has 2 aliphatic heterocycles.